The maximum atomic E-state index is 13.7. The van der Waals surface area contributed by atoms with Crippen LogP contribution in [-0.4, -0.2) is 20.4 Å². The van der Waals surface area contributed by atoms with Crippen molar-refractivity contribution in [1.29, 1.82) is 0 Å². The molecule has 0 radical (unpaired) electrons. The molecule has 0 aliphatic carbocycles. The number of rotatable bonds is 6. The Morgan fingerprint density at radius 1 is 1.18 bits per heavy atom. The van der Waals surface area contributed by atoms with Crippen molar-refractivity contribution in [2.45, 2.75) is 12.6 Å². The maximum absolute atomic E-state index is 13.7. The SMILES string of the molecule is CS(=O)(=O)C[C@@H](NCc1cc(Cl)ccc1F)c1ccccc1. The van der Waals surface area contributed by atoms with Gasteiger partial charge in [0.15, 0.2) is 0 Å². The number of halogens is 2. The number of nitrogens with one attached hydrogen (secondary N) is 1. The first-order valence-electron chi connectivity index (χ1n) is 6.75. The van der Waals surface area contributed by atoms with Crippen LogP contribution in [0.25, 0.3) is 0 Å². The largest absolute Gasteiger partial charge is 0.305 e. The van der Waals surface area contributed by atoms with Crippen molar-refractivity contribution >= 4 is 21.4 Å². The van der Waals surface area contributed by atoms with E-state index < -0.39 is 15.9 Å². The summed E-state index contributed by atoms with van der Waals surface area (Å²) in [6.07, 6.45) is 1.19. The molecule has 1 N–H and O–H groups in total. The van der Waals surface area contributed by atoms with Crippen molar-refractivity contribution in [3.63, 3.8) is 0 Å². The summed E-state index contributed by atoms with van der Waals surface area (Å²) in [5.41, 5.74) is 1.25. The lowest BCUT2D eigenvalue weighted by atomic mass is 10.1. The molecule has 0 aliphatic heterocycles. The third-order valence-corrected chi connectivity index (χ3v) is 4.39. The van der Waals surface area contributed by atoms with Gasteiger partial charge < -0.3 is 5.32 Å². The molecule has 0 aliphatic rings. The Bertz CT molecular complexity index is 735. The minimum atomic E-state index is -3.18. The predicted octanol–water partition coefficient (Wildman–Crippen LogP) is 3.35. The lowest BCUT2D eigenvalue weighted by Gasteiger charge is -2.19. The molecule has 2 aromatic carbocycles. The zero-order valence-corrected chi connectivity index (χ0v) is 13.7. The van der Waals surface area contributed by atoms with Gasteiger partial charge in [-0.3, -0.25) is 0 Å². The molecule has 0 saturated carbocycles. The van der Waals surface area contributed by atoms with Gasteiger partial charge in [-0.15, -0.1) is 0 Å². The molecule has 0 heterocycles. The van der Waals surface area contributed by atoms with Gasteiger partial charge in [0, 0.05) is 29.4 Å². The smallest absolute Gasteiger partial charge is 0.149 e. The van der Waals surface area contributed by atoms with Crippen LogP contribution in [0.5, 0.6) is 0 Å². The standard InChI is InChI=1S/C16H17ClFNO2S/c1-22(20,21)11-16(12-5-3-2-4-6-12)19-10-13-9-14(17)7-8-15(13)18/h2-9,16,19H,10-11H2,1H3/t16-/m1/s1. The predicted molar refractivity (Wildman–Crippen MR) is 87.1 cm³/mol. The Balaban J connectivity index is 2.18. The van der Waals surface area contributed by atoms with Crippen LogP contribution < -0.4 is 5.32 Å². The Hall–Kier alpha value is -1.43. The molecule has 3 nitrogen and oxygen atoms in total. The van der Waals surface area contributed by atoms with Crippen molar-refractivity contribution in [3.05, 3.63) is 70.5 Å². The average Bonchev–Trinajstić information content (AvgIpc) is 2.46. The average molecular weight is 342 g/mol. The molecule has 0 aromatic heterocycles. The molecule has 0 unspecified atom stereocenters. The van der Waals surface area contributed by atoms with E-state index in [1.807, 2.05) is 30.3 Å². The molecular weight excluding hydrogens is 325 g/mol. The molecule has 1 atom stereocenters. The maximum Gasteiger partial charge on any atom is 0.149 e. The summed E-state index contributed by atoms with van der Waals surface area (Å²) < 4.78 is 37.0. The summed E-state index contributed by atoms with van der Waals surface area (Å²) in [5.74, 6) is -0.429. The van der Waals surface area contributed by atoms with Crippen LogP contribution in [0.4, 0.5) is 4.39 Å². The molecule has 0 fully saturated rings. The molecule has 2 rings (SSSR count). The summed E-state index contributed by atoms with van der Waals surface area (Å²) >= 11 is 5.87. The fourth-order valence-electron chi connectivity index (χ4n) is 2.17. The Labute approximate surface area is 135 Å². The van der Waals surface area contributed by atoms with Gasteiger partial charge in [0.05, 0.1) is 5.75 Å². The lowest BCUT2D eigenvalue weighted by Crippen LogP contribution is -2.27. The highest BCUT2D eigenvalue weighted by molar-refractivity contribution is 7.90. The topological polar surface area (TPSA) is 46.2 Å². The van der Waals surface area contributed by atoms with Crippen LogP contribution in [0.1, 0.15) is 17.2 Å². The second-order valence-corrected chi connectivity index (χ2v) is 7.79. The number of sulfone groups is 1. The minimum absolute atomic E-state index is 0.0564. The van der Waals surface area contributed by atoms with Crippen molar-refractivity contribution in [2.24, 2.45) is 0 Å². The van der Waals surface area contributed by atoms with E-state index in [1.165, 1.54) is 24.5 Å². The Morgan fingerprint density at radius 3 is 2.50 bits per heavy atom. The summed E-state index contributed by atoms with van der Waals surface area (Å²) in [5, 5.41) is 3.54. The van der Waals surface area contributed by atoms with E-state index in [0.717, 1.165) is 5.56 Å². The summed E-state index contributed by atoms with van der Waals surface area (Å²) in [6.45, 7) is 0.196. The fraction of sp³-hybridized carbons (Fsp3) is 0.250. The van der Waals surface area contributed by atoms with Gasteiger partial charge in [0.1, 0.15) is 15.7 Å². The van der Waals surface area contributed by atoms with Gasteiger partial charge in [-0.2, -0.15) is 0 Å². The van der Waals surface area contributed by atoms with Crippen molar-refractivity contribution in [3.8, 4) is 0 Å². The van der Waals surface area contributed by atoms with Crippen LogP contribution >= 0.6 is 11.6 Å². The molecule has 22 heavy (non-hydrogen) atoms. The van der Waals surface area contributed by atoms with E-state index in [0.29, 0.717) is 10.6 Å². The second-order valence-electron chi connectivity index (χ2n) is 5.17. The first kappa shape index (κ1) is 16.9. The third-order valence-electron chi connectivity index (χ3n) is 3.22. The van der Waals surface area contributed by atoms with Crippen LogP contribution in [-0.2, 0) is 16.4 Å². The first-order valence-corrected chi connectivity index (χ1v) is 9.19. The Morgan fingerprint density at radius 2 is 1.86 bits per heavy atom. The normalized spacial score (nSPS) is 13.0. The monoisotopic (exact) mass is 341 g/mol. The molecule has 118 valence electrons. The van der Waals surface area contributed by atoms with Gasteiger partial charge in [0.25, 0.3) is 0 Å². The Kier molecular flexibility index (Phi) is 5.56. The van der Waals surface area contributed by atoms with Crippen LogP contribution in [0, 0.1) is 5.82 Å². The number of hydrogen-bond acceptors (Lipinski definition) is 3. The molecule has 0 bridgehead atoms. The van der Waals surface area contributed by atoms with E-state index in [2.05, 4.69) is 5.32 Å². The zero-order chi connectivity index (χ0) is 16.2. The van der Waals surface area contributed by atoms with E-state index in [4.69, 9.17) is 11.6 Å². The lowest BCUT2D eigenvalue weighted by molar-refractivity contribution is 0.534. The van der Waals surface area contributed by atoms with E-state index in [-0.39, 0.29) is 18.1 Å². The summed E-state index contributed by atoms with van der Waals surface area (Å²) in [7, 11) is -3.18. The first-order chi connectivity index (χ1) is 10.3. The van der Waals surface area contributed by atoms with E-state index in [9.17, 15) is 12.8 Å². The highest BCUT2D eigenvalue weighted by atomic mass is 35.5. The molecule has 0 saturated heterocycles. The second kappa shape index (κ2) is 7.22. The van der Waals surface area contributed by atoms with Crippen LogP contribution in [0.15, 0.2) is 48.5 Å². The summed E-state index contributed by atoms with van der Waals surface area (Å²) in [6, 6.07) is 13.1. The fourth-order valence-corrected chi connectivity index (χ4v) is 3.28. The number of hydrogen-bond donors (Lipinski definition) is 1. The van der Waals surface area contributed by atoms with E-state index >= 15 is 0 Å². The molecule has 0 amide bonds. The highest BCUT2D eigenvalue weighted by Gasteiger charge is 2.17. The zero-order valence-electron chi connectivity index (χ0n) is 12.1. The highest BCUT2D eigenvalue weighted by Crippen LogP contribution is 2.18. The molecule has 2 aromatic rings. The molecular formula is C16H17ClFNO2S. The van der Waals surface area contributed by atoms with Crippen molar-refractivity contribution < 1.29 is 12.8 Å². The van der Waals surface area contributed by atoms with Gasteiger partial charge in [-0.1, -0.05) is 41.9 Å². The van der Waals surface area contributed by atoms with Crippen molar-refractivity contribution in [1.82, 2.24) is 5.32 Å². The van der Waals surface area contributed by atoms with Crippen LogP contribution in [0.3, 0.4) is 0 Å². The quantitative estimate of drug-likeness (QED) is 0.876. The molecule has 0 spiro atoms. The van der Waals surface area contributed by atoms with Gasteiger partial charge in [-0.05, 0) is 23.8 Å². The van der Waals surface area contributed by atoms with Gasteiger partial charge in [-0.25, -0.2) is 12.8 Å². The van der Waals surface area contributed by atoms with Gasteiger partial charge in [0.2, 0.25) is 0 Å². The summed E-state index contributed by atoms with van der Waals surface area (Å²) in [4.78, 5) is 0. The number of benzene rings is 2. The van der Waals surface area contributed by atoms with Crippen LogP contribution in [0.2, 0.25) is 5.02 Å². The van der Waals surface area contributed by atoms with Gasteiger partial charge >= 0.3 is 0 Å². The van der Waals surface area contributed by atoms with E-state index in [1.54, 1.807) is 0 Å². The minimum Gasteiger partial charge on any atom is -0.305 e. The van der Waals surface area contributed by atoms with Crippen molar-refractivity contribution in [2.75, 3.05) is 12.0 Å². The molecule has 6 heteroatoms. The third kappa shape index (κ3) is 5.09.